The summed E-state index contributed by atoms with van der Waals surface area (Å²) in [4.78, 5) is 25.8. The fourth-order valence-electron chi connectivity index (χ4n) is 2.52. The first-order valence-corrected chi connectivity index (χ1v) is 7.79. The van der Waals surface area contributed by atoms with Crippen LogP contribution in [0.5, 0.6) is 0 Å². The Bertz CT molecular complexity index is 481. The Balaban J connectivity index is 1.96. The van der Waals surface area contributed by atoms with Gasteiger partial charge < -0.3 is 10.0 Å². The Morgan fingerprint density at radius 2 is 2.30 bits per heavy atom. The van der Waals surface area contributed by atoms with Gasteiger partial charge in [-0.1, -0.05) is 6.07 Å². The molecule has 1 unspecified atom stereocenters. The lowest BCUT2D eigenvalue weighted by Gasteiger charge is -2.35. The van der Waals surface area contributed by atoms with E-state index in [1.54, 1.807) is 17.4 Å². The van der Waals surface area contributed by atoms with Gasteiger partial charge in [-0.2, -0.15) is 0 Å². The molecule has 1 aromatic heterocycles. The zero-order valence-electron chi connectivity index (χ0n) is 11.3. The molecule has 0 bridgehead atoms. The highest BCUT2D eigenvalue weighted by Crippen LogP contribution is 2.21. The molecule has 1 saturated heterocycles. The van der Waals surface area contributed by atoms with Crippen LogP contribution in [0.1, 0.15) is 37.0 Å². The van der Waals surface area contributed by atoms with Gasteiger partial charge in [-0.25, -0.2) is 0 Å². The van der Waals surface area contributed by atoms with Crippen LogP contribution in [0.25, 0.3) is 6.08 Å². The minimum atomic E-state index is -0.794. The van der Waals surface area contributed by atoms with Crippen LogP contribution >= 0.6 is 11.3 Å². The summed E-state index contributed by atoms with van der Waals surface area (Å²) in [6, 6.07) is 3.98. The molecule has 0 aliphatic carbocycles. The largest absolute Gasteiger partial charge is 0.481 e. The van der Waals surface area contributed by atoms with Crippen molar-refractivity contribution >= 4 is 29.3 Å². The third-order valence-corrected chi connectivity index (χ3v) is 4.37. The number of aliphatic carboxylic acids is 1. The molecule has 1 aromatic rings. The molecule has 4 nitrogen and oxygen atoms in total. The van der Waals surface area contributed by atoms with E-state index in [2.05, 4.69) is 0 Å². The molecule has 5 heteroatoms. The van der Waals surface area contributed by atoms with Crippen molar-refractivity contribution < 1.29 is 14.7 Å². The van der Waals surface area contributed by atoms with Crippen LogP contribution < -0.4 is 0 Å². The summed E-state index contributed by atoms with van der Waals surface area (Å²) < 4.78 is 0. The normalized spacial score (nSPS) is 19.4. The number of hydrogen-bond donors (Lipinski definition) is 1. The molecule has 1 aliphatic heterocycles. The second-order valence-electron chi connectivity index (χ2n) is 4.96. The fraction of sp³-hybridized carbons (Fsp3) is 0.467. The molecular formula is C15H19NO3S. The number of carbonyl (C=O) groups excluding carboxylic acids is 1. The first kappa shape index (κ1) is 14.8. The number of thiophene rings is 1. The summed E-state index contributed by atoms with van der Waals surface area (Å²) in [6.45, 7) is 0.734. The summed E-state index contributed by atoms with van der Waals surface area (Å²) in [7, 11) is 0. The second kappa shape index (κ2) is 7.24. The third-order valence-electron chi connectivity index (χ3n) is 3.54. The topological polar surface area (TPSA) is 57.6 Å². The quantitative estimate of drug-likeness (QED) is 0.849. The molecule has 0 saturated carbocycles. The van der Waals surface area contributed by atoms with E-state index in [9.17, 15) is 9.59 Å². The molecular weight excluding hydrogens is 274 g/mol. The van der Waals surface area contributed by atoms with E-state index in [0.29, 0.717) is 6.42 Å². The van der Waals surface area contributed by atoms with E-state index in [0.717, 1.165) is 30.7 Å². The number of hydrogen-bond acceptors (Lipinski definition) is 3. The molecule has 0 radical (unpaired) electrons. The monoisotopic (exact) mass is 293 g/mol. The summed E-state index contributed by atoms with van der Waals surface area (Å²) in [5.74, 6) is -0.800. The highest BCUT2D eigenvalue weighted by molar-refractivity contribution is 7.10. The van der Waals surface area contributed by atoms with Gasteiger partial charge in [-0.15, -0.1) is 11.3 Å². The van der Waals surface area contributed by atoms with E-state index < -0.39 is 5.97 Å². The lowest BCUT2D eigenvalue weighted by molar-refractivity contribution is -0.138. The minimum absolute atomic E-state index is 0.00603. The number of nitrogens with zero attached hydrogens (tertiary/aromatic N) is 1. The Morgan fingerprint density at radius 3 is 3.00 bits per heavy atom. The molecule has 2 heterocycles. The summed E-state index contributed by atoms with van der Waals surface area (Å²) >= 11 is 1.59. The maximum Gasteiger partial charge on any atom is 0.303 e. The summed E-state index contributed by atoms with van der Waals surface area (Å²) in [5.41, 5.74) is 0. The van der Waals surface area contributed by atoms with Crippen LogP contribution in [0.2, 0.25) is 0 Å². The van der Waals surface area contributed by atoms with Gasteiger partial charge in [0.1, 0.15) is 0 Å². The van der Waals surface area contributed by atoms with Crippen molar-refractivity contribution in [3.8, 4) is 0 Å². The molecule has 1 N–H and O–H groups in total. The van der Waals surface area contributed by atoms with E-state index in [1.807, 2.05) is 28.5 Å². The van der Waals surface area contributed by atoms with Crippen LogP contribution in [0.4, 0.5) is 0 Å². The number of rotatable bonds is 5. The standard InChI is InChI=1S/C15H19NO3S/c17-14(8-7-13-5-3-11-20-13)16-10-2-1-4-12(16)6-9-15(18)19/h3,5,7-8,11-12H,1-2,4,6,9-10H2,(H,18,19). The van der Waals surface area contributed by atoms with Crippen LogP contribution in [0, 0.1) is 0 Å². The number of carbonyl (C=O) groups is 2. The molecule has 2 rings (SSSR count). The van der Waals surface area contributed by atoms with Crippen molar-refractivity contribution in [3.05, 3.63) is 28.5 Å². The average molecular weight is 293 g/mol. The van der Waals surface area contributed by atoms with Crippen molar-refractivity contribution in [1.29, 1.82) is 0 Å². The van der Waals surface area contributed by atoms with Gasteiger partial charge >= 0.3 is 5.97 Å². The van der Waals surface area contributed by atoms with Crippen molar-refractivity contribution in [1.82, 2.24) is 4.90 Å². The van der Waals surface area contributed by atoms with E-state index in [1.165, 1.54) is 0 Å². The van der Waals surface area contributed by atoms with Crippen molar-refractivity contribution in [2.45, 2.75) is 38.1 Å². The fourth-order valence-corrected chi connectivity index (χ4v) is 3.13. The number of carboxylic acid groups (broad SMARTS) is 1. The van der Waals surface area contributed by atoms with E-state index >= 15 is 0 Å². The summed E-state index contributed by atoms with van der Waals surface area (Å²) in [6.07, 6.45) is 7.09. The average Bonchev–Trinajstić information content (AvgIpc) is 2.96. The van der Waals surface area contributed by atoms with Gasteiger partial charge in [0, 0.05) is 30.0 Å². The summed E-state index contributed by atoms with van der Waals surface area (Å²) in [5, 5.41) is 10.8. The van der Waals surface area contributed by atoms with Crippen molar-refractivity contribution in [2.75, 3.05) is 6.54 Å². The molecule has 1 fully saturated rings. The second-order valence-corrected chi connectivity index (χ2v) is 5.94. The predicted octanol–water partition coefficient (Wildman–Crippen LogP) is 3.01. The SMILES string of the molecule is O=C(O)CCC1CCCCN1C(=O)C=Cc1cccs1. The molecule has 1 aliphatic rings. The van der Waals surface area contributed by atoms with Crippen LogP contribution in [0.3, 0.4) is 0 Å². The molecule has 1 amide bonds. The number of piperidine rings is 1. The molecule has 0 spiro atoms. The Morgan fingerprint density at radius 1 is 1.45 bits per heavy atom. The lowest BCUT2D eigenvalue weighted by atomic mass is 9.98. The van der Waals surface area contributed by atoms with Crippen LogP contribution in [-0.4, -0.2) is 34.5 Å². The third kappa shape index (κ3) is 4.20. The highest BCUT2D eigenvalue weighted by atomic mass is 32.1. The first-order chi connectivity index (χ1) is 9.66. The highest BCUT2D eigenvalue weighted by Gasteiger charge is 2.25. The zero-order chi connectivity index (χ0) is 14.4. The minimum Gasteiger partial charge on any atom is -0.481 e. The van der Waals surface area contributed by atoms with Crippen LogP contribution in [-0.2, 0) is 9.59 Å². The Labute approximate surface area is 122 Å². The van der Waals surface area contributed by atoms with Crippen molar-refractivity contribution in [2.24, 2.45) is 0 Å². The van der Waals surface area contributed by atoms with Gasteiger partial charge in [-0.05, 0) is 43.2 Å². The maximum atomic E-state index is 12.2. The Hall–Kier alpha value is -1.62. The Kier molecular flexibility index (Phi) is 5.35. The molecule has 0 aromatic carbocycles. The number of amides is 1. The van der Waals surface area contributed by atoms with Gasteiger partial charge in [0.05, 0.1) is 0 Å². The smallest absolute Gasteiger partial charge is 0.303 e. The van der Waals surface area contributed by atoms with Gasteiger partial charge in [0.15, 0.2) is 0 Å². The molecule has 108 valence electrons. The van der Waals surface area contributed by atoms with Gasteiger partial charge in [-0.3, -0.25) is 9.59 Å². The zero-order valence-corrected chi connectivity index (χ0v) is 12.1. The predicted molar refractivity (Wildman–Crippen MR) is 79.6 cm³/mol. The lowest BCUT2D eigenvalue weighted by Crippen LogP contribution is -2.43. The van der Waals surface area contributed by atoms with Gasteiger partial charge in [0.2, 0.25) is 5.91 Å². The molecule has 1 atom stereocenters. The number of likely N-dealkylation sites (tertiary alicyclic amines) is 1. The van der Waals surface area contributed by atoms with E-state index in [4.69, 9.17) is 5.11 Å². The van der Waals surface area contributed by atoms with Crippen molar-refractivity contribution in [3.63, 3.8) is 0 Å². The maximum absolute atomic E-state index is 12.2. The molecule has 20 heavy (non-hydrogen) atoms. The first-order valence-electron chi connectivity index (χ1n) is 6.91. The van der Waals surface area contributed by atoms with E-state index in [-0.39, 0.29) is 18.4 Å². The van der Waals surface area contributed by atoms with Crippen LogP contribution in [0.15, 0.2) is 23.6 Å². The number of carboxylic acids is 1. The van der Waals surface area contributed by atoms with Gasteiger partial charge in [0.25, 0.3) is 0 Å².